The van der Waals surface area contributed by atoms with Crippen molar-refractivity contribution >= 4 is 28.1 Å². The lowest BCUT2D eigenvalue weighted by Crippen LogP contribution is -2.24. The molecule has 0 bridgehead atoms. The number of methoxy groups -OCH3 is 1. The Morgan fingerprint density at radius 1 is 1.29 bits per heavy atom. The third-order valence-corrected chi connectivity index (χ3v) is 3.76. The first kappa shape index (κ1) is 17.9. The van der Waals surface area contributed by atoms with Crippen molar-refractivity contribution in [3.63, 3.8) is 0 Å². The number of hydrogen-bond acceptors (Lipinski definition) is 4. The van der Waals surface area contributed by atoms with Gasteiger partial charge in [-0.05, 0) is 39.2 Å². The van der Waals surface area contributed by atoms with Crippen LogP contribution in [0.1, 0.15) is 11.1 Å². The highest BCUT2D eigenvalue weighted by atomic mass is 79.9. The third-order valence-electron chi connectivity index (χ3n) is 3.16. The molecule has 6 heteroatoms. The maximum atomic E-state index is 11.6. The molecular weight excluding hydrogens is 374 g/mol. The van der Waals surface area contributed by atoms with E-state index in [0.717, 1.165) is 11.1 Å². The summed E-state index contributed by atoms with van der Waals surface area (Å²) in [5.74, 6) is 0.427. The summed E-state index contributed by atoms with van der Waals surface area (Å²) in [6.07, 6.45) is 3.11. The molecule has 2 aromatic rings. The SMILES string of the molecule is COc1cc(C=CCNC(=O)OCc2ccccc2)cc(Br)c1O. The first-order chi connectivity index (χ1) is 11.6. The Labute approximate surface area is 149 Å². The third kappa shape index (κ3) is 5.31. The molecule has 5 nitrogen and oxygen atoms in total. The number of aromatic hydroxyl groups is 1. The van der Waals surface area contributed by atoms with E-state index in [2.05, 4.69) is 21.2 Å². The van der Waals surface area contributed by atoms with Crippen LogP contribution in [0, 0.1) is 0 Å². The van der Waals surface area contributed by atoms with Crippen molar-refractivity contribution in [3.05, 3.63) is 64.1 Å². The van der Waals surface area contributed by atoms with E-state index < -0.39 is 6.09 Å². The first-order valence-corrected chi connectivity index (χ1v) is 8.07. The fourth-order valence-corrected chi connectivity index (χ4v) is 2.42. The Morgan fingerprint density at radius 2 is 2.04 bits per heavy atom. The van der Waals surface area contributed by atoms with Gasteiger partial charge in [-0.15, -0.1) is 0 Å². The number of halogens is 1. The summed E-state index contributed by atoms with van der Waals surface area (Å²) in [6, 6.07) is 12.9. The van der Waals surface area contributed by atoms with Gasteiger partial charge < -0.3 is 19.9 Å². The van der Waals surface area contributed by atoms with Crippen LogP contribution in [-0.2, 0) is 11.3 Å². The average Bonchev–Trinajstić information content (AvgIpc) is 2.60. The van der Waals surface area contributed by atoms with Gasteiger partial charge in [-0.3, -0.25) is 0 Å². The molecule has 0 aromatic heterocycles. The number of carbonyl (C=O) groups is 1. The summed E-state index contributed by atoms with van der Waals surface area (Å²) in [5.41, 5.74) is 1.76. The molecule has 0 unspecified atom stereocenters. The number of alkyl carbamates (subject to hydrolysis) is 1. The van der Waals surface area contributed by atoms with Crippen molar-refractivity contribution in [3.8, 4) is 11.5 Å². The number of phenols is 1. The minimum atomic E-state index is -0.479. The second-order valence-corrected chi connectivity index (χ2v) is 5.75. The molecule has 0 radical (unpaired) electrons. The molecule has 0 heterocycles. The van der Waals surface area contributed by atoms with Crippen molar-refractivity contribution in [2.24, 2.45) is 0 Å². The van der Waals surface area contributed by atoms with E-state index in [4.69, 9.17) is 9.47 Å². The largest absolute Gasteiger partial charge is 0.503 e. The zero-order valence-electron chi connectivity index (χ0n) is 13.2. The number of hydrogen-bond donors (Lipinski definition) is 2. The molecule has 126 valence electrons. The second-order valence-electron chi connectivity index (χ2n) is 4.90. The number of nitrogens with one attached hydrogen (secondary N) is 1. The van der Waals surface area contributed by atoms with Crippen LogP contribution in [0.15, 0.2) is 53.0 Å². The minimum absolute atomic E-state index is 0.0530. The number of benzene rings is 2. The normalized spacial score (nSPS) is 10.6. The zero-order valence-corrected chi connectivity index (χ0v) is 14.7. The minimum Gasteiger partial charge on any atom is -0.503 e. The van der Waals surface area contributed by atoms with Gasteiger partial charge in [-0.2, -0.15) is 0 Å². The van der Waals surface area contributed by atoms with Gasteiger partial charge in [0.25, 0.3) is 0 Å². The number of phenolic OH excluding ortho intramolecular Hbond substituents is 1. The van der Waals surface area contributed by atoms with Gasteiger partial charge in [0.15, 0.2) is 11.5 Å². The Kier molecular flexibility index (Phi) is 6.69. The van der Waals surface area contributed by atoms with Crippen molar-refractivity contribution < 1.29 is 19.4 Å². The van der Waals surface area contributed by atoms with E-state index in [9.17, 15) is 9.90 Å². The van der Waals surface area contributed by atoms with Crippen molar-refractivity contribution in [2.75, 3.05) is 13.7 Å². The monoisotopic (exact) mass is 391 g/mol. The van der Waals surface area contributed by atoms with E-state index in [1.807, 2.05) is 36.4 Å². The van der Waals surface area contributed by atoms with Gasteiger partial charge >= 0.3 is 6.09 Å². The maximum Gasteiger partial charge on any atom is 0.407 e. The summed E-state index contributed by atoms with van der Waals surface area (Å²) in [6.45, 7) is 0.562. The highest BCUT2D eigenvalue weighted by molar-refractivity contribution is 9.10. The van der Waals surface area contributed by atoms with Crippen LogP contribution in [0.5, 0.6) is 11.5 Å². The molecule has 0 saturated carbocycles. The molecule has 2 N–H and O–H groups in total. The van der Waals surface area contributed by atoms with Gasteiger partial charge in [0, 0.05) is 6.54 Å². The summed E-state index contributed by atoms with van der Waals surface area (Å²) in [5, 5.41) is 12.4. The Balaban J connectivity index is 1.80. The smallest absolute Gasteiger partial charge is 0.407 e. The van der Waals surface area contributed by atoms with E-state index in [-0.39, 0.29) is 12.4 Å². The van der Waals surface area contributed by atoms with Crippen LogP contribution >= 0.6 is 15.9 Å². The second kappa shape index (κ2) is 8.98. The van der Waals surface area contributed by atoms with Gasteiger partial charge in [-0.25, -0.2) is 4.79 Å². The molecule has 0 atom stereocenters. The summed E-state index contributed by atoms with van der Waals surface area (Å²) in [4.78, 5) is 11.6. The van der Waals surface area contributed by atoms with Gasteiger partial charge in [0.05, 0.1) is 11.6 Å². The predicted octanol–water partition coefficient (Wildman–Crippen LogP) is 4.10. The average molecular weight is 392 g/mol. The number of ether oxygens (including phenoxy) is 2. The van der Waals surface area contributed by atoms with Crippen LogP contribution in [0.3, 0.4) is 0 Å². The lowest BCUT2D eigenvalue weighted by Gasteiger charge is -2.07. The highest BCUT2D eigenvalue weighted by Gasteiger charge is 2.07. The molecule has 0 aliphatic heterocycles. The summed E-state index contributed by atoms with van der Waals surface area (Å²) < 4.78 is 10.7. The van der Waals surface area contributed by atoms with Crippen molar-refractivity contribution in [1.29, 1.82) is 0 Å². The van der Waals surface area contributed by atoms with Gasteiger partial charge in [-0.1, -0.05) is 42.5 Å². The van der Waals surface area contributed by atoms with E-state index in [1.165, 1.54) is 7.11 Å². The highest BCUT2D eigenvalue weighted by Crippen LogP contribution is 2.35. The Bertz CT molecular complexity index is 716. The van der Waals surface area contributed by atoms with Crippen LogP contribution in [0.4, 0.5) is 4.79 Å². The van der Waals surface area contributed by atoms with Gasteiger partial charge in [0.2, 0.25) is 0 Å². The molecule has 24 heavy (non-hydrogen) atoms. The molecule has 0 aliphatic rings. The van der Waals surface area contributed by atoms with Crippen LogP contribution < -0.4 is 10.1 Å². The van der Waals surface area contributed by atoms with Gasteiger partial charge in [0.1, 0.15) is 6.61 Å². The molecular formula is C18H18BrNO4. The fraction of sp³-hybridized carbons (Fsp3) is 0.167. The van der Waals surface area contributed by atoms with Crippen LogP contribution in [0.2, 0.25) is 0 Å². The maximum absolute atomic E-state index is 11.6. The molecule has 2 rings (SSSR count). The lowest BCUT2D eigenvalue weighted by molar-refractivity contribution is 0.141. The Hall–Kier alpha value is -2.47. The van der Waals surface area contributed by atoms with Crippen molar-refractivity contribution in [2.45, 2.75) is 6.61 Å². The molecule has 0 spiro atoms. The predicted molar refractivity (Wildman–Crippen MR) is 96.0 cm³/mol. The Morgan fingerprint density at radius 3 is 2.75 bits per heavy atom. The zero-order chi connectivity index (χ0) is 17.4. The standard InChI is InChI=1S/C18H18BrNO4/c1-23-16-11-14(10-15(19)17(16)21)8-5-9-20-18(22)24-12-13-6-3-2-4-7-13/h2-8,10-11,21H,9,12H2,1H3,(H,20,22). The van der Waals surface area contributed by atoms with E-state index in [0.29, 0.717) is 16.8 Å². The van der Waals surface area contributed by atoms with Crippen molar-refractivity contribution in [1.82, 2.24) is 5.32 Å². The van der Waals surface area contributed by atoms with Crippen LogP contribution in [-0.4, -0.2) is 24.9 Å². The number of amides is 1. The summed E-state index contributed by atoms with van der Waals surface area (Å²) >= 11 is 3.26. The number of carbonyl (C=O) groups excluding carboxylic acids is 1. The molecule has 0 saturated heterocycles. The van der Waals surface area contributed by atoms with E-state index >= 15 is 0 Å². The number of rotatable bonds is 6. The quantitative estimate of drug-likeness (QED) is 0.777. The molecule has 0 fully saturated rings. The summed E-state index contributed by atoms with van der Waals surface area (Å²) in [7, 11) is 1.49. The molecule has 2 aromatic carbocycles. The van der Waals surface area contributed by atoms with Crippen LogP contribution in [0.25, 0.3) is 6.08 Å². The molecule has 0 aliphatic carbocycles. The first-order valence-electron chi connectivity index (χ1n) is 7.27. The topological polar surface area (TPSA) is 67.8 Å². The molecule has 1 amide bonds. The van der Waals surface area contributed by atoms with E-state index in [1.54, 1.807) is 18.2 Å². The lowest BCUT2D eigenvalue weighted by atomic mass is 10.2. The fourth-order valence-electron chi connectivity index (χ4n) is 1.96.